The monoisotopic (exact) mass is 292 g/mol. The van der Waals surface area contributed by atoms with Gasteiger partial charge in [0.25, 0.3) is 0 Å². The molecule has 116 valence electrons. The third kappa shape index (κ3) is 4.28. The fourth-order valence-electron chi connectivity index (χ4n) is 2.56. The molecule has 0 bridgehead atoms. The zero-order valence-electron chi connectivity index (χ0n) is 12.9. The van der Waals surface area contributed by atoms with E-state index < -0.39 is 0 Å². The van der Waals surface area contributed by atoms with E-state index >= 15 is 0 Å². The van der Waals surface area contributed by atoms with E-state index in [9.17, 15) is 4.79 Å². The fraction of sp³-hybridized carbons (Fsp3) is 0.562. The topological polar surface area (TPSA) is 50.8 Å². The van der Waals surface area contributed by atoms with Crippen molar-refractivity contribution >= 4 is 6.03 Å². The Morgan fingerprint density at radius 2 is 1.86 bits per heavy atom. The summed E-state index contributed by atoms with van der Waals surface area (Å²) in [7, 11) is 3.25. The van der Waals surface area contributed by atoms with Crippen LogP contribution >= 0.6 is 0 Å². The standard InChI is InChI=1S/C16H24N2O3/c1-20-14-7-6-13(12-15(14)21-2)8-9-17-16(19)18-10-4-3-5-11-18/h6-7,12H,3-5,8-11H2,1-2H3,(H,17,19). The summed E-state index contributed by atoms with van der Waals surface area (Å²) in [5.41, 5.74) is 1.12. The molecule has 1 aliphatic rings. The number of nitrogens with zero attached hydrogens (tertiary/aromatic N) is 1. The summed E-state index contributed by atoms with van der Waals surface area (Å²) in [4.78, 5) is 13.9. The molecular formula is C16H24N2O3. The van der Waals surface area contributed by atoms with Gasteiger partial charge in [0.1, 0.15) is 0 Å². The predicted molar refractivity (Wildman–Crippen MR) is 82.1 cm³/mol. The molecule has 5 nitrogen and oxygen atoms in total. The molecule has 0 radical (unpaired) electrons. The van der Waals surface area contributed by atoms with Crippen LogP contribution in [0.15, 0.2) is 18.2 Å². The minimum Gasteiger partial charge on any atom is -0.493 e. The smallest absolute Gasteiger partial charge is 0.317 e. The summed E-state index contributed by atoms with van der Waals surface area (Å²) in [6.07, 6.45) is 4.24. The van der Waals surface area contributed by atoms with Crippen molar-refractivity contribution < 1.29 is 14.3 Å². The SMILES string of the molecule is COc1ccc(CCNC(=O)N2CCCCC2)cc1OC. The van der Waals surface area contributed by atoms with Crippen LogP contribution in [-0.4, -0.2) is 44.8 Å². The molecular weight excluding hydrogens is 268 g/mol. The van der Waals surface area contributed by atoms with Crippen LogP contribution in [0.5, 0.6) is 11.5 Å². The highest BCUT2D eigenvalue weighted by Crippen LogP contribution is 2.27. The van der Waals surface area contributed by atoms with Crippen molar-refractivity contribution in [3.05, 3.63) is 23.8 Å². The maximum absolute atomic E-state index is 12.0. The first-order chi connectivity index (χ1) is 10.2. The maximum Gasteiger partial charge on any atom is 0.317 e. The number of piperidine rings is 1. The van der Waals surface area contributed by atoms with Crippen LogP contribution in [0, 0.1) is 0 Å². The second-order valence-corrected chi connectivity index (χ2v) is 5.22. The minimum atomic E-state index is 0.0511. The van der Waals surface area contributed by atoms with Gasteiger partial charge in [-0.25, -0.2) is 4.79 Å². The van der Waals surface area contributed by atoms with Gasteiger partial charge in [0.05, 0.1) is 14.2 Å². The van der Waals surface area contributed by atoms with Crippen molar-refractivity contribution in [2.75, 3.05) is 33.9 Å². The first-order valence-electron chi connectivity index (χ1n) is 7.48. The van der Waals surface area contributed by atoms with E-state index in [0.29, 0.717) is 6.54 Å². The normalized spacial score (nSPS) is 14.7. The third-order valence-corrected chi connectivity index (χ3v) is 3.78. The van der Waals surface area contributed by atoms with Gasteiger partial charge in [0.15, 0.2) is 11.5 Å². The van der Waals surface area contributed by atoms with Gasteiger partial charge in [-0.15, -0.1) is 0 Å². The average molecular weight is 292 g/mol. The highest BCUT2D eigenvalue weighted by molar-refractivity contribution is 5.74. The molecule has 0 atom stereocenters. The van der Waals surface area contributed by atoms with E-state index in [-0.39, 0.29) is 6.03 Å². The largest absolute Gasteiger partial charge is 0.493 e. The number of hydrogen-bond acceptors (Lipinski definition) is 3. The van der Waals surface area contributed by atoms with E-state index in [2.05, 4.69) is 5.32 Å². The molecule has 0 aliphatic carbocycles. The molecule has 1 aromatic rings. The Morgan fingerprint density at radius 1 is 1.14 bits per heavy atom. The van der Waals surface area contributed by atoms with Crippen molar-refractivity contribution in [3.63, 3.8) is 0 Å². The first-order valence-corrected chi connectivity index (χ1v) is 7.48. The van der Waals surface area contributed by atoms with Gasteiger partial charge in [-0.3, -0.25) is 0 Å². The third-order valence-electron chi connectivity index (χ3n) is 3.78. The average Bonchev–Trinajstić information content (AvgIpc) is 2.55. The second-order valence-electron chi connectivity index (χ2n) is 5.22. The lowest BCUT2D eigenvalue weighted by molar-refractivity contribution is 0.186. The van der Waals surface area contributed by atoms with Crippen LogP contribution in [0.3, 0.4) is 0 Å². The van der Waals surface area contributed by atoms with Crippen molar-refractivity contribution in [2.45, 2.75) is 25.7 Å². The first kappa shape index (κ1) is 15.5. The number of ether oxygens (including phenoxy) is 2. The van der Waals surface area contributed by atoms with Gasteiger partial charge in [-0.1, -0.05) is 6.07 Å². The highest BCUT2D eigenvalue weighted by Gasteiger charge is 2.15. The zero-order valence-corrected chi connectivity index (χ0v) is 12.9. The summed E-state index contributed by atoms with van der Waals surface area (Å²) < 4.78 is 10.5. The molecule has 1 N–H and O–H groups in total. The van der Waals surface area contributed by atoms with Crippen LogP contribution in [-0.2, 0) is 6.42 Å². The molecule has 1 saturated heterocycles. The second kappa shape index (κ2) is 7.76. The number of benzene rings is 1. The molecule has 0 saturated carbocycles. The zero-order chi connectivity index (χ0) is 15.1. The van der Waals surface area contributed by atoms with Crippen molar-refractivity contribution in [1.29, 1.82) is 0 Å². The Kier molecular flexibility index (Phi) is 5.72. The van der Waals surface area contributed by atoms with Gasteiger partial charge in [-0.2, -0.15) is 0 Å². The predicted octanol–water partition coefficient (Wildman–Crippen LogP) is 2.44. The molecule has 0 unspecified atom stereocenters. The molecule has 5 heteroatoms. The van der Waals surface area contributed by atoms with E-state index in [1.807, 2.05) is 23.1 Å². The van der Waals surface area contributed by atoms with E-state index in [1.165, 1.54) is 6.42 Å². The molecule has 1 heterocycles. The summed E-state index contributed by atoms with van der Waals surface area (Å²) >= 11 is 0. The lowest BCUT2D eigenvalue weighted by atomic mass is 10.1. The van der Waals surface area contributed by atoms with Gasteiger partial charge in [0.2, 0.25) is 0 Å². The van der Waals surface area contributed by atoms with Crippen molar-refractivity contribution in [3.8, 4) is 11.5 Å². The summed E-state index contributed by atoms with van der Waals surface area (Å²) in [5.74, 6) is 1.44. The number of carbonyl (C=O) groups excluding carboxylic acids is 1. The maximum atomic E-state index is 12.0. The summed E-state index contributed by atoms with van der Waals surface area (Å²) in [5, 5.41) is 2.98. The number of urea groups is 1. The van der Waals surface area contributed by atoms with Gasteiger partial charge < -0.3 is 19.7 Å². The molecule has 2 amide bonds. The van der Waals surface area contributed by atoms with E-state index in [1.54, 1.807) is 14.2 Å². The number of amides is 2. The molecule has 1 fully saturated rings. The van der Waals surface area contributed by atoms with Gasteiger partial charge in [0, 0.05) is 19.6 Å². The van der Waals surface area contributed by atoms with Crippen LogP contribution in [0.4, 0.5) is 4.79 Å². The quantitative estimate of drug-likeness (QED) is 0.907. The van der Waals surface area contributed by atoms with Gasteiger partial charge >= 0.3 is 6.03 Å². The molecule has 2 rings (SSSR count). The number of carbonyl (C=O) groups is 1. The number of rotatable bonds is 5. The molecule has 21 heavy (non-hydrogen) atoms. The number of likely N-dealkylation sites (tertiary alicyclic amines) is 1. The summed E-state index contributed by atoms with van der Waals surface area (Å²) in [6, 6.07) is 5.89. The van der Waals surface area contributed by atoms with Crippen molar-refractivity contribution in [2.24, 2.45) is 0 Å². The van der Waals surface area contributed by atoms with Crippen LogP contribution in [0.25, 0.3) is 0 Å². The highest BCUT2D eigenvalue weighted by atomic mass is 16.5. The molecule has 1 aliphatic heterocycles. The van der Waals surface area contributed by atoms with Crippen molar-refractivity contribution in [1.82, 2.24) is 10.2 Å². The van der Waals surface area contributed by atoms with E-state index in [4.69, 9.17) is 9.47 Å². The van der Waals surface area contributed by atoms with Crippen LogP contribution in [0.2, 0.25) is 0 Å². The Morgan fingerprint density at radius 3 is 2.52 bits per heavy atom. The molecule has 0 aromatic heterocycles. The minimum absolute atomic E-state index is 0.0511. The Labute approximate surface area is 126 Å². The summed E-state index contributed by atoms with van der Waals surface area (Å²) in [6.45, 7) is 2.38. The molecule has 0 spiro atoms. The lowest BCUT2D eigenvalue weighted by Gasteiger charge is -2.26. The molecule has 1 aromatic carbocycles. The fourth-order valence-corrected chi connectivity index (χ4v) is 2.56. The number of methoxy groups -OCH3 is 2. The Balaban J connectivity index is 1.81. The van der Waals surface area contributed by atoms with E-state index in [0.717, 1.165) is 49.4 Å². The van der Waals surface area contributed by atoms with Gasteiger partial charge in [-0.05, 0) is 43.4 Å². The van der Waals surface area contributed by atoms with Crippen LogP contribution < -0.4 is 14.8 Å². The van der Waals surface area contributed by atoms with Crippen LogP contribution in [0.1, 0.15) is 24.8 Å². The number of nitrogens with one attached hydrogen (secondary N) is 1. The number of hydrogen-bond donors (Lipinski definition) is 1. The lowest BCUT2D eigenvalue weighted by Crippen LogP contribution is -2.43. The Hall–Kier alpha value is -1.91. The Bertz CT molecular complexity index is 471.